The summed E-state index contributed by atoms with van der Waals surface area (Å²) < 4.78 is 7.07. The molecule has 5 heteroatoms. The van der Waals surface area contributed by atoms with Crippen LogP contribution in [0.25, 0.3) is 10.9 Å². The molecule has 1 aromatic carbocycles. The van der Waals surface area contributed by atoms with Crippen molar-refractivity contribution in [3.8, 4) is 11.8 Å². The predicted molar refractivity (Wildman–Crippen MR) is 73.8 cm³/mol. The molecular weight excluding hydrogens is 264 g/mol. The maximum absolute atomic E-state index is 12.1. The second kappa shape index (κ2) is 4.94. The molecule has 0 aliphatic heterocycles. The smallest absolute Gasteiger partial charge is 0.179 e. The summed E-state index contributed by atoms with van der Waals surface area (Å²) >= 11 is 6.10. The molecule has 0 spiro atoms. The molecule has 0 bridgehead atoms. The Kier molecular flexibility index (Phi) is 3.50. The minimum absolute atomic E-state index is 0.134. The zero-order valence-corrected chi connectivity index (χ0v) is 11.7. The van der Waals surface area contributed by atoms with Gasteiger partial charge in [-0.05, 0) is 19.1 Å². The summed E-state index contributed by atoms with van der Waals surface area (Å²) in [5, 5.41) is 9.95. The van der Waals surface area contributed by atoms with E-state index in [9.17, 15) is 4.79 Å². The quantitative estimate of drug-likeness (QED) is 0.809. The summed E-state index contributed by atoms with van der Waals surface area (Å²) in [6.07, 6.45) is -0.134. The fraction of sp³-hybridized carbons (Fsp3) is 0.286. The van der Waals surface area contributed by atoms with Crippen molar-refractivity contribution in [2.75, 3.05) is 7.11 Å². The van der Waals surface area contributed by atoms with Gasteiger partial charge in [0.1, 0.15) is 5.75 Å². The second-order valence-corrected chi connectivity index (χ2v) is 4.69. The van der Waals surface area contributed by atoms with Gasteiger partial charge < -0.3 is 9.30 Å². The molecular formula is C14H13ClN2O2. The summed E-state index contributed by atoms with van der Waals surface area (Å²) in [5.74, 6) is 0.334. The van der Waals surface area contributed by atoms with Crippen LogP contribution in [0.4, 0.5) is 0 Å². The summed E-state index contributed by atoms with van der Waals surface area (Å²) in [6.45, 7) is 1.85. The number of halogens is 1. The van der Waals surface area contributed by atoms with Crippen LogP contribution >= 0.6 is 11.6 Å². The number of nitriles is 1. The van der Waals surface area contributed by atoms with Crippen LogP contribution in [0.5, 0.6) is 5.75 Å². The van der Waals surface area contributed by atoms with Crippen molar-refractivity contribution in [3.05, 3.63) is 28.4 Å². The molecule has 0 N–H and O–H groups in total. The number of hydrogen-bond donors (Lipinski definition) is 0. The van der Waals surface area contributed by atoms with E-state index in [-0.39, 0.29) is 12.2 Å². The van der Waals surface area contributed by atoms with Gasteiger partial charge in [0.05, 0.1) is 30.1 Å². The van der Waals surface area contributed by atoms with Crippen molar-refractivity contribution in [1.82, 2.24) is 4.57 Å². The lowest BCUT2D eigenvalue weighted by Crippen LogP contribution is -2.00. The van der Waals surface area contributed by atoms with Crippen LogP contribution in [0.1, 0.15) is 22.5 Å². The Hall–Kier alpha value is -1.99. The van der Waals surface area contributed by atoms with Gasteiger partial charge in [-0.25, -0.2) is 0 Å². The highest BCUT2D eigenvalue weighted by Crippen LogP contribution is 2.34. The van der Waals surface area contributed by atoms with Gasteiger partial charge in [-0.15, -0.1) is 0 Å². The van der Waals surface area contributed by atoms with Crippen LogP contribution in [-0.4, -0.2) is 17.5 Å². The Bertz CT molecular complexity index is 711. The highest BCUT2D eigenvalue weighted by Gasteiger charge is 2.19. The van der Waals surface area contributed by atoms with E-state index in [2.05, 4.69) is 0 Å². The number of benzene rings is 1. The minimum Gasteiger partial charge on any atom is -0.495 e. The van der Waals surface area contributed by atoms with E-state index in [1.54, 1.807) is 12.1 Å². The predicted octanol–water partition coefficient (Wildman–Crippen LogP) is 3.25. The van der Waals surface area contributed by atoms with Gasteiger partial charge in [0.25, 0.3) is 0 Å². The standard InChI is InChI=1S/C14H13ClN2O2/c1-8-14(12(18)4-5-16)9-6-13(19-3)10(15)7-11(9)17(8)2/h6-7H,4H2,1-3H3. The lowest BCUT2D eigenvalue weighted by molar-refractivity contribution is 0.0998. The average Bonchev–Trinajstić information content (AvgIpc) is 2.61. The van der Waals surface area contributed by atoms with E-state index in [1.165, 1.54) is 7.11 Å². The molecule has 2 aromatic rings. The summed E-state index contributed by atoms with van der Waals surface area (Å²) in [4.78, 5) is 12.1. The van der Waals surface area contributed by atoms with Crippen LogP contribution < -0.4 is 4.74 Å². The molecule has 0 saturated carbocycles. The molecule has 0 unspecified atom stereocenters. The Morgan fingerprint density at radius 3 is 2.79 bits per heavy atom. The first-order valence-corrected chi connectivity index (χ1v) is 6.11. The molecule has 0 saturated heterocycles. The van der Waals surface area contributed by atoms with Crippen molar-refractivity contribution < 1.29 is 9.53 Å². The number of nitrogens with zero attached hydrogens (tertiary/aromatic N) is 2. The molecule has 4 nitrogen and oxygen atoms in total. The van der Waals surface area contributed by atoms with E-state index in [4.69, 9.17) is 21.6 Å². The third-order valence-corrected chi connectivity index (χ3v) is 3.58. The molecule has 0 amide bonds. The van der Waals surface area contributed by atoms with Crippen molar-refractivity contribution in [2.45, 2.75) is 13.3 Å². The molecule has 0 aliphatic carbocycles. The van der Waals surface area contributed by atoms with Gasteiger partial charge >= 0.3 is 0 Å². The first-order valence-electron chi connectivity index (χ1n) is 5.74. The maximum atomic E-state index is 12.1. The summed E-state index contributed by atoms with van der Waals surface area (Å²) in [5.41, 5.74) is 2.23. The van der Waals surface area contributed by atoms with Crippen LogP contribution in [0, 0.1) is 18.3 Å². The summed E-state index contributed by atoms with van der Waals surface area (Å²) in [7, 11) is 3.39. The number of aromatic nitrogens is 1. The third-order valence-electron chi connectivity index (χ3n) is 3.28. The number of fused-ring (bicyclic) bond motifs is 1. The van der Waals surface area contributed by atoms with Crippen LogP contribution in [-0.2, 0) is 7.05 Å². The molecule has 0 radical (unpaired) electrons. The fourth-order valence-corrected chi connectivity index (χ4v) is 2.47. The highest BCUT2D eigenvalue weighted by atomic mass is 35.5. The second-order valence-electron chi connectivity index (χ2n) is 4.28. The molecule has 19 heavy (non-hydrogen) atoms. The van der Waals surface area contributed by atoms with E-state index >= 15 is 0 Å². The van der Waals surface area contributed by atoms with Crippen LogP contribution in [0.2, 0.25) is 5.02 Å². The molecule has 1 heterocycles. The first kappa shape index (κ1) is 13.4. The molecule has 0 atom stereocenters. The monoisotopic (exact) mass is 276 g/mol. The number of hydrogen-bond acceptors (Lipinski definition) is 3. The van der Waals surface area contributed by atoms with Crippen molar-refractivity contribution in [3.63, 3.8) is 0 Å². The number of rotatable bonds is 3. The molecule has 2 rings (SSSR count). The number of carbonyl (C=O) groups is 1. The van der Waals surface area contributed by atoms with E-state index < -0.39 is 0 Å². The van der Waals surface area contributed by atoms with E-state index in [0.717, 1.165) is 16.6 Å². The number of ether oxygens (including phenoxy) is 1. The Morgan fingerprint density at radius 1 is 1.53 bits per heavy atom. The first-order chi connectivity index (χ1) is 9.01. The Morgan fingerprint density at radius 2 is 2.21 bits per heavy atom. The minimum atomic E-state index is -0.185. The van der Waals surface area contributed by atoms with Gasteiger partial charge in [0, 0.05) is 23.7 Å². The maximum Gasteiger partial charge on any atom is 0.179 e. The molecule has 0 fully saturated rings. The van der Waals surface area contributed by atoms with Gasteiger partial charge in [-0.1, -0.05) is 11.6 Å². The lowest BCUT2D eigenvalue weighted by atomic mass is 10.0. The lowest BCUT2D eigenvalue weighted by Gasteiger charge is -2.04. The molecule has 0 aliphatic rings. The van der Waals surface area contributed by atoms with Crippen molar-refractivity contribution >= 4 is 28.3 Å². The highest BCUT2D eigenvalue weighted by molar-refractivity contribution is 6.33. The van der Waals surface area contributed by atoms with Crippen molar-refractivity contribution in [2.24, 2.45) is 7.05 Å². The zero-order chi connectivity index (χ0) is 14.2. The molecule has 1 aromatic heterocycles. The number of carbonyl (C=O) groups excluding carboxylic acids is 1. The van der Waals surface area contributed by atoms with Gasteiger partial charge in [-0.3, -0.25) is 4.79 Å². The number of ketones is 1. The van der Waals surface area contributed by atoms with Crippen molar-refractivity contribution in [1.29, 1.82) is 5.26 Å². The van der Waals surface area contributed by atoms with Gasteiger partial charge in [0.15, 0.2) is 5.78 Å². The zero-order valence-electron chi connectivity index (χ0n) is 11.0. The Balaban J connectivity index is 2.80. The van der Waals surface area contributed by atoms with Crippen LogP contribution in [0.15, 0.2) is 12.1 Å². The van der Waals surface area contributed by atoms with Gasteiger partial charge in [-0.2, -0.15) is 5.26 Å². The fourth-order valence-electron chi connectivity index (χ4n) is 2.23. The van der Waals surface area contributed by atoms with E-state index in [0.29, 0.717) is 16.3 Å². The summed E-state index contributed by atoms with van der Waals surface area (Å²) in [6, 6.07) is 5.41. The number of aryl methyl sites for hydroxylation is 1. The SMILES string of the molecule is COc1cc2c(C(=O)CC#N)c(C)n(C)c2cc1Cl. The van der Waals surface area contributed by atoms with E-state index in [1.807, 2.05) is 24.6 Å². The topological polar surface area (TPSA) is 55.0 Å². The number of Topliss-reactive ketones (excluding diaryl/α,β-unsaturated/α-hetero) is 1. The third kappa shape index (κ3) is 2.06. The average molecular weight is 277 g/mol. The normalized spacial score (nSPS) is 10.5. The molecule has 98 valence electrons. The largest absolute Gasteiger partial charge is 0.495 e. The van der Waals surface area contributed by atoms with Gasteiger partial charge in [0.2, 0.25) is 0 Å². The Labute approximate surface area is 116 Å². The number of methoxy groups -OCH3 is 1. The van der Waals surface area contributed by atoms with Crippen LogP contribution in [0.3, 0.4) is 0 Å².